The molecule has 0 aliphatic rings. The number of hydrogen-bond acceptors (Lipinski definition) is 3. The lowest BCUT2D eigenvalue weighted by Gasteiger charge is -2.22. The first kappa shape index (κ1) is 12.7. The van der Waals surface area contributed by atoms with Crippen LogP contribution in [0.1, 0.15) is 5.56 Å². The van der Waals surface area contributed by atoms with Gasteiger partial charge >= 0.3 is 0 Å². The number of hydrogen-bond donors (Lipinski definition) is 2. The van der Waals surface area contributed by atoms with E-state index in [1.54, 1.807) is 12.1 Å². The maximum atomic E-state index is 9.29. The third kappa shape index (κ3) is 2.58. The van der Waals surface area contributed by atoms with Gasteiger partial charge in [0.05, 0.1) is 0 Å². The third-order valence-electron chi connectivity index (χ3n) is 2.86. The van der Waals surface area contributed by atoms with Gasteiger partial charge in [-0.05, 0) is 48.0 Å². The van der Waals surface area contributed by atoms with E-state index in [0.717, 1.165) is 16.9 Å². The van der Waals surface area contributed by atoms with Crippen molar-refractivity contribution >= 4 is 23.0 Å². The number of nitrogens with zero attached hydrogens (tertiary/aromatic N) is 1. The van der Waals surface area contributed by atoms with Crippen LogP contribution in [0, 0.1) is 0 Å². The van der Waals surface area contributed by atoms with E-state index in [2.05, 4.69) is 0 Å². The van der Waals surface area contributed by atoms with Crippen molar-refractivity contribution < 1.29 is 5.11 Å². The van der Waals surface area contributed by atoms with Crippen molar-refractivity contribution in [1.82, 2.24) is 0 Å². The van der Waals surface area contributed by atoms with Crippen LogP contribution in [-0.4, -0.2) is 12.2 Å². The molecule has 0 bridgehead atoms. The maximum Gasteiger partial charge on any atom is 0.115 e. The van der Waals surface area contributed by atoms with Gasteiger partial charge in [-0.25, -0.2) is 0 Å². The van der Waals surface area contributed by atoms with E-state index < -0.39 is 0 Å². The molecule has 2 rings (SSSR count). The summed E-state index contributed by atoms with van der Waals surface area (Å²) in [6.45, 7) is 0.429. The summed E-state index contributed by atoms with van der Waals surface area (Å²) >= 11 is 5.96. The summed E-state index contributed by atoms with van der Waals surface area (Å²) in [5.74, 6) is 0.252. The lowest BCUT2D eigenvalue weighted by atomic mass is 10.1. The normalized spacial score (nSPS) is 10.4. The molecule has 3 nitrogen and oxygen atoms in total. The number of phenols is 1. The van der Waals surface area contributed by atoms with Crippen LogP contribution in [-0.2, 0) is 6.54 Å². The summed E-state index contributed by atoms with van der Waals surface area (Å²) in [6.07, 6.45) is 0. The summed E-state index contributed by atoms with van der Waals surface area (Å²) in [6, 6.07) is 12.7. The van der Waals surface area contributed by atoms with Crippen LogP contribution in [0.15, 0.2) is 42.5 Å². The molecule has 0 spiro atoms. The highest BCUT2D eigenvalue weighted by molar-refractivity contribution is 6.30. The molecular weight excluding hydrogens is 248 g/mol. The Morgan fingerprint density at radius 1 is 1.17 bits per heavy atom. The number of benzene rings is 2. The van der Waals surface area contributed by atoms with Crippen LogP contribution in [0.3, 0.4) is 0 Å². The molecule has 0 radical (unpaired) electrons. The van der Waals surface area contributed by atoms with Crippen LogP contribution in [0.2, 0.25) is 5.02 Å². The van der Waals surface area contributed by atoms with E-state index in [4.69, 9.17) is 17.3 Å². The zero-order valence-corrected chi connectivity index (χ0v) is 10.9. The minimum Gasteiger partial charge on any atom is -0.508 e. The fourth-order valence-electron chi connectivity index (χ4n) is 1.86. The van der Waals surface area contributed by atoms with Crippen molar-refractivity contribution in [2.24, 2.45) is 5.73 Å². The maximum absolute atomic E-state index is 9.29. The smallest absolute Gasteiger partial charge is 0.115 e. The van der Waals surface area contributed by atoms with E-state index >= 15 is 0 Å². The average Bonchev–Trinajstić information content (AvgIpc) is 2.38. The fourth-order valence-corrected chi connectivity index (χ4v) is 2.05. The Morgan fingerprint density at radius 2 is 1.83 bits per heavy atom. The summed E-state index contributed by atoms with van der Waals surface area (Å²) in [5, 5.41) is 9.97. The highest BCUT2D eigenvalue weighted by atomic mass is 35.5. The van der Waals surface area contributed by atoms with Gasteiger partial charge in [0.1, 0.15) is 5.75 Å². The Balaban J connectivity index is 2.39. The molecule has 18 heavy (non-hydrogen) atoms. The van der Waals surface area contributed by atoms with Gasteiger partial charge < -0.3 is 15.7 Å². The van der Waals surface area contributed by atoms with Crippen molar-refractivity contribution in [1.29, 1.82) is 0 Å². The minimum absolute atomic E-state index is 0.252. The first-order valence-corrected chi connectivity index (χ1v) is 6.01. The Morgan fingerprint density at radius 3 is 2.44 bits per heavy atom. The number of halogens is 1. The lowest BCUT2D eigenvalue weighted by Crippen LogP contribution is -2.13. The molecule has 0 atom stereocenters. The van der Waals surface area contributed by atoms with Gasteiger partial charge in [-0.3, -0.25) is 0 Å². The van der Waals surface area contributed by atoms with Crippen LogP contribution in [0.4, 0.5) is 11.4 Å². The minimum atomic E-state index is 0.252. The molecule has 0 amide bonds. The molecule has 3 N–H and O–H groups in total. The highest BCUT2D eigenvalue weighted by Gasteiger charge is 2.09. The number of nitrogens with two attached hydrogens (primary N) is 1. The van der Waals surface area contributed by atoms with E-state index in [1.807, 2.05) is 42.3 Å². The molecule has 0 heterocycles. The molecule has 2 aromatic carbocycles. The first-order valence-electron chi connectivity index (χ1n) is 5.63. The molecule has 0 aliphatic heterocycles. The predicted octanol–water partition coefficient (Wildman–Crippen LogP) is 3.27. The van der Waals surface area contributed by atoms with Crippen LogP contribution in [0.5, 0.6) is 5.75 Å². The van der Waals surface area contributed by atoms with Crippen molar-refractivity contribution in [2.75, 3.05) is 11.9 Å². The first-order chi connectivity index (χ1) is 8.61. The zero-order chi connectivity index (χ0) is 13.1. The largest absolute Gasteiger partial charge is 0.508 e. The molecule has 0 aliphatic carbocycles. The van der Waals surface area contributed by atoms with E-state index in [9.17, 15) is 5.11 Å². The average molecular weight is 263 g/mol. The van der Waals surface area contributed by atoms with Gasteiger partial charge in [0.25, 0.3) is 0 Å². The molecule has 0 unspecified atom stereocenters. The second kappa shape index (κ2) is 5.29. The van der Waals surface area contributed by atoms with Gasteiger partial charge in [0.15, 0.2) is 0 Å². The van der Waals surface area contributed by atoms with E-state index in [1.165, 1.54) is 0 Å². The van der Waals surface area contributed by atoms with Crippen molar-refractivity contribution in [3.8, 4) is 5.75 Å². The summed E-state index contributed by atoms with van der Waals surface area (Å²) in [4.78, 5) is 2.01. The second-order valence-corrected chi connectivity index (χ2v) is 4.49. The molecule has 0 aromatic heterocycles. The quantitative estimate of drug-likeness (QED) is 0.893. The number of aromatic hydroxyl groups is 1. The SMILES string of the molecule is CN(c1ccc(O)cc1)c1ccc(Cl)cc1CN. The molecule has 0 saturated heterocycles. The molecule has 4 heteroatoms. The van der Waals surface area contributed by atoms with Gasteiger partial charge in [0.2, 0.25) is 0 Å². The van der Waals surface area contributed by atoms with Gasteiger partial charge in [0, 0.05) is 30.0 Å². The van der Waals surface area contributed by atoms with Crippen molar-refractivity contribution in [2.45, 2.75) is 6.54 Å². The number of anilines is 2. The zero-order valence-electron chi connectivity index (χ0n) is 10.1. The standard InChI is InChI=1S/C14H15ClN2O/c1-17(12-3-5-13(18)6-4-12)14-7-2-11(15)8-10(14)9-16/h2-8,18H,9,16H2,1H3. The van der Waals surface area contributed by atoms with Crippen LogP contribution < -0.4 is 10.6 Å². The highest BCUT2D eigenvalue weighted by Crippen LogP contribution is 2.29. The lowest BCUT2D eigenvalue weighted by molar-refractivity contribution is 0.475. The molecule has 0 fully saturated rings. The second-order valence-electron chi connectivity index (χ2n) is 4.05. The van der Waals surface area contributed by atoms with Crippen molar-refractivity contribution in [3.05, 3.63) is 53.1 Å². The Hall–Kier alpha value is -1.71. The number of rotatable bonds is 3. The topological polar surface area (TPSA) is 49.5 Å². The predicted molar refractivity (Wildman–Crippen MR) is 75.5 cm³/mol. The molecular formula is C14H15ClN2O. The van der Waals surface area contributed by atoms with Gasteiger partial charge in [-0.1, -0.05) is 11.6 Å². The van der Waals surface area contributed by atoms with E-state index in [-0.39, 0.29) is 5.75 Å². The van der Waals surface area contributed by atoms with E-state index in [0.29, 0.717) is 11.6 Å². The monoisotopic (exact) mass is 262 g/mol. The third-order valence-corrected chi connectivity index (χ3v) is 3.09. The van der Waals surface area contributed by atoms with Gasteiger partial charge in [-0.15, -0.1) is 0 Å². The van der Waals surface area contributed by atoms with Crippen LogP contribution in [0.25, 0.3) is 0 Å². The molecule has 94 valence electrons. The molecule has 2 aromatic rings. The Kier molecular flexibility index (Phi) is 3.75. The molecule has 0 saturated carbocycles. The Labute approximate surface area is 111 Å². The summed E-state index contributed by atoms with van der Waals surface area (Å²) in [5.41, 5.74) is 8.70. The number of phenolic OH excluding ortho intramolecular Hbond substituents is 1. The summed E-state index contributed by atoms with van der Waals surface area (Å²) in [7, 11) is 1.95. The fraction of sp³-hybridized carbons (Fsp3) is 0.143. The Bertz CT molecular complexity index is 540. The van der Waals surface area contributed by atoms with Crippen molar-refractivity contribution in [3.63, 3.8) is 0 Å². The van der Waals surface area contributed by atoms with Gasteiger partial charge in [-0.2, -0.15) is 0 Å². The summed E-state index contributed by atoms with van der Waals surface area (Å²) < 4.78 is 0. The van der Waals surface area contributed by atoms with Crippen LogP contribution >= 0.6 is 11.6 Å².